The molecule has 1 heterocycles. The number of hydrogen-bond acceptors (Lipinski definition) is 5. The molecule has 2 aromatic rings. The summed E-state index contributed by atoms with van der Waals surface area (Å²) in [4.78, 5) is 12.4. The van der Waals surface area contributed by atoms with Crippen molar-refractivity contribution in [3.63, 3.8) is 0 Å². The van der Waals surface area contributed by atoms with Gasteiger partial charge >= 0.3 is 0 Å². The molecule has 27 heavy (non-hydrogen) atoms. The number of thioether (sulfide) groups is 1. The average molecular weight is 440 g/mol. The van der Waals surface area contributed by atoms with E-state index in [2.05, 4.69) is 5.32 Å². The van der Waals surface area contributed by atoms with E-state index in [1.54, 1.807) is 30.3 Å². The van der Waals surface area contributed by atoms with Crippen LogP contribution in [0.2, 0.25) is 10.0 Å². The molecule has 0 atom stereocenters. The van der Waals surface area contributed by atoms with E-state index in [9.17, 15) is 4.79 Å². The molecule has 0 radical (unpaired) electrons. The smallest absolute Gasteiger partial charge is 0.263 e. The summed E-state index contributed by atoms with van der Waals surface area (Å²) in [5, 5.41) is 3.68. The van der Waals surface area contributed by atoms with Gasteiger partial charge in [-0.25, -0.2) is 0 Å². The lowest BCUT2D eigenvalue weighted by Crippen LogP contribution is -2.17. The van der Waals surface area contributed by atoms with Gasteiger partial charge in [-0.15, -0.1) is 0 Å². The summed E-state index contributed by atoms with van der Waals surface area (Å²) < 4.78 is 12.0. The van der Waals surface area contributed by atoms with Gasteiger partial charge in [0.2, 0.25) is 0 Å². The van der Waals surface area contributed by atoms with Crippen LogP contribution in [0.15, 0.2) is 41.3 Å². The Kier molecular flexibility index (Phi) is 6.65. The molecule has 1 aliphatic rings. The highest BCUT2D eigenvalue weighted by Crippen LogP contribution is 2.33. The zero-order valence-electron chi connectivity index (χ0n) is 14.3. The standard InChI is InChI=1S/C19H15Cl2NO3S2/c1-2-24-16-8-11(9-17-18(23)22-19(26)27-17)6-7-15(16)25-10-12-13(20)4-3-5-14(12)21/h3-9H,2,10H2,1H3,(H,22,23,26)/b17-9+. The number of rotatable bonds is 6. The molecule has 140 valence electrons. The summed E-state index contributed by atoms with van der Waals surface area (Å²) >= 11 is 18.6. The van der Waals surface area contributed by atoms with Crippen LogP contribution in [0.1, 0.15) is 18.1 Å². The lowest BCUT2D eigenvalue weighted by molar-refractivity contribution is -0.115. The number of ether oxygens (including phenoxy) is 2. The fraction of sp³-hybridized carbons (Fsp3) is 0.158. The van der Waals surface area contributed by atoms with Gasteiger partial charge in [-0.3, -0.25) is 4.79 Å². The van der Waals surface area contributed by atoms with Crippen molar-refractivity contribution in [2.24, 2.45) is 0 Å². The van der Waals surface area contributed by atoms with Gasteiger partial charge in [0.05, 0.1) is 11.5 Å². The molecular weight excluding hydrogens is 425 g/mol. The van der Waals surface area contributed by atoms with E-state index in [-0.39, 0.29) is 12.5 Å². The second kappa shape index (κ2) is 8.97. The minimum Gasteiger partial charge on any atom is -0.490 e. The zero-order chi connectivity index (χ0) is 19.4. The zero-order valence-corrected chi connectivity index (χ0v) is 17.4. The highest BCUT2D eigenvalue weighted by atomic mass is 35.5. The van der Waals surface area contributed by atoms with Gasteiger partial charge in [0.25, 0.3) is 5.91 Å². The van der Waals surface area contributed by atoms with Crippen LogP contribution < -0.4 is 14.8 Å². The van der Waals surface area contributed by atoms with Gasteiger partial charge in [-0.2, -0.15) is 0 Å². The highest BCUT2D eigenvalue weighted by molar-refractivity contribution is 8.26. The second-order valence-corrected chi connectivity index (χ2v) is 8.01. The third-order valence-corrected chi connectivity index (χ3v) is 5.51. The lowest BCUT2D eigenvalue weighted by atomic mass is 10.2. The summed E-state index contributed by atoms with van der Waals surface area (Å²) in [5.41, 5.74) is 1.52. The Morgan fingerprint density at radius 3 is 2.52 bits per heavy atom. The summed E-state index contributed by atoms with van der Waals surface area (Å²) in [6, 6.07) is 10.8. The maximum absolute atomic E-state index is 11.8. The molecule has 0 aromatic heterocycles. The van der Waals surface area contributed by atoms with Gasteiger partial charge in [0.1, 0.15) is 10.9 Å². The van der Waals surface area contributed by atoms with Crippen molar-refractivity contribution >= 4 is 63.5 Å². The molecule has 0 unspecified atom stereocenters. The van der Waals surface area contributed by atoms with E-state index in [4.69, 9.17) is 44.9 Å². The summed E-state index contributed by atoms with van der Waals surface area (Å²) in [6.07, 6.45) is 1.76. The Hall–Kier alpha value is -1.73. The third kappa shape index (κ3) is 4.96. The minimum absolute atomic E-state index is 0.198. The quantitative estimate of drug-likeness (QED) is 0.478. The molecule has 2 aromatic carbocycles. The number of nitrogens with one attached hydrogen (secondary N) is 1. The van der Waals surface area contributed by atoms with Crippen LogP contribution in [0.25, 0.3) is 6.08 Å². The first kappa shape index (κ1) is 20.0. The molecule has 8 heteroatoms. The van der Waals surface area contributed by atoms with E-state index in [1.165, 1.54) is 11.8 Å². The maximum Gasteiger partial charge on any atom is 0.263 e. The van der Waals surface area contributed by atoms with Gasteiger partial charge in [-0.05, 0) is 42.8 Å². The van der Waals surface area contributed by atoms with Crippen LogP contribution in [-0.4, -0.2) is 16.8 Å². The highest BCUT2D eigenvalue weighted by Gasteiger charge is 2.22. The Morgan fingerprint density at radius 1 is 1.15 bits per heavy atom. The van der Waals surface area contributed by atoms with E-state index >= 15 is 0 Å². The molecule has 0 saturated carbocycles. The second-order valence-electron chi connectivity index (χ2n) is 5.48. The molecule has 0 bridgehead atoms. The fourth-order valence-electron chi connectivity index (χ4n) is 2.39. The molecule has 1 N–H and O–H groups in total. The Bertz CT molecular complexity index is 911. The van der Waals surface area contributed by atoms with Crippen LogP contribution in [0, 0.1) is 0 Å². The van der Waals surface area contributed by atoms with E-state index in [1.807, 2.05) is 19.1 Å². The molecule has 0 spiro atoms. The topological polar surface area (TPSA) is 47.6 Å². The molecule has 0 aliphatic carbocycles. The van der Waals surface area contributed by atoms with Crippen molar-refractivity contribution in [2.75, 3.05) is 6.61 Å². The van der Waals surface area contributed by atoms with Crippen molar-refractivity contribution < 1.29 is 14.3 Å². The van der Waals surface area contributed by atoms with E-state index < -0.39 is 0 Å². The van der Waals surface area contributed by atoms with E-state index in [0.29, 0.717) is 42.9 Å². The lowest BCUT2D eigenvalue weighted by Gasteiger charge is -2.14. The molecule has 1 amide bonds. The summed E-state index contributed by atoms with van der Waals surface area (Å²) in [7, 11) is 0. The largest absolute Gasteiger partial charge is 0.490 e. The van der Waals surface area contributed by atoms with Crippen LogP contribution in [0.3, 0.4) is 0 Å². The van der Waals surface area contributed by atoms with Crippen LogP contribution in [0.5, 0.6) is 11.5 Å². The van der Waals surface area contributed by atoms with Crippen molar-refractivity contribution in [3.8, 4) is 11.5 Å². The molecular formula is C19H15Cl2NO3S2. The van der Waals surface area contributed by atoms with Crippen molar-refractivity contribution in [3.05, 3.63) is 62.5 Å². The first-order valence-electron chi connectivity index (χ1n) is 8.05. The van der Waals surface area contributed by atoms with Gasteiger partial charge < -0.3 is 14.8 Å². The number of hydrogen-bond donors (Lipinski definition) is 1. The normalized spacial score (nSPS) is 15.1. The predicted molar refractivity (Wildman–Crippen MR) is 115 cm³/mol. The molecule has 3 rings (SSSR count). The number of benzene rings is 2. The first-order valence-corrected chi connectivity index (χ1v) is 10.0. The fourth-order valence-corrected chi connectivity index (χ4v) is 3.95. The maximum atomic E-state index is 11.8. The van der Waals surface area contributed by atoms with Gasteiger partial charge in [-0.1, -0.05) is 59.3 Å². The molecule has 1 saturated heterocycles. The molecule has 1 fully saturated rings. The number of carbonyl (C=O) groups excluding carboxylic acids is 1. The number of amides is 1. The SMILES string of the molecule is CCOc1cc(/C=C2/SC(=S)NC2=O)ccc1OCc1c(Cl)cccc1Cl. The Balaban J connectivity index is 1.83. The van der Waals surface area contributed by atoms with Crippen LogP contribution in [0.4, 0.5) is 0 Å². The monoisotopic (exact) mass is 439 g/mol. The number of carbonyl (C=O) groups is 1. The molecule has 4 nitrogen and oxygen atoms in total. The number of thiocarbonyl (C=S) groups is 1. The predicted octanol–water partition coefficient (Wildman–Crippen LogP) is 5.46. The summed E-state index contributed by atoms with van der Waals surface area (Å²) in [6.45, 7) is 2.58. The summed E-state index contributed by atoms with van der Waals surface area (Å²) in [5.74, 6) is 0.937. The third-order valence-electron chi connectivity index (χ3n) is 3.64. The minimum atomic E-state index is -0.198. The molecule has 1 aliphatic heterocycles. The van der Waals surface area contributed by atoms with Crippen molar-refractivity contribution in [2.45, 2.75) is 13.5 Å². The Morgan fingerprint density at radius 2 is 1.89 bits per heavy atom. The van der Waals surface area contributed by atoms with Gasteiger partial charge in [0, 0.05) is 15.6 Å². The van der Waals surface area contributed by atoms with Gasteiger partial charge in [0.15, 0.2) is 11.5 Å². The first-order chi connectivity index (χ1) is 13.0. The Labute approximate surface area is 176 Å². The van der Waals surface area contributed by atoms with E-state index in [0.717, 1.165) is 5.56 Å². The van der Waals surface area contributed by atoms with Crippen LogP contribution >= 0.6 is 47.2 Å². The average Bonchev–Trinajstić information content (AvgIpc) is 2.93. The van der Waals surface area contributed by atoms with Crippen molar-refractivity contribution in [1.82, 2.24) is 5.32 Å². The van der Waals surface area contributed by atoms with Crippen molar-refractivity contribution in [1.29, 1.82) is 0 Å². The van der Waals surface area contributed by atoms with Crippen LogP contribution in [-0.2, 0) is 11.4 Å². The number of halogens is 2.